The number of nitrogens with one attached hydrogen (secondary N) is 1. The van der Waals surface area contributed by atoms with Crippen LogP contribution < -0.4 is 5.32 Å². The average molecular weight is 281 g/mol. The molecule has 1 unspecified atom stereocenters. The molecule has 3 rings (SSSR count). The summed E-state index contributed by atoms with van der Waals surface area (Å²) in [4.78, 5) is 5.35. The third kappa shape index (κ3) is 4.42. The van der Waals surface area contributed by atoms with Crippen LogP contribution in [-0.2, 0) is 4.74 Å². The van der Waals surface area contributed by atoms with E-state index in [1.165, 1.54) is 65.0 Å². The molecule has 0 aliphatic carbocycles. The van der Waals surface area contributed by atoms with Gasteiger partial charge in [-0.1, -0.05) is 0 Å². The summed E-state index contributed by atoms with van der Waals surface area (Å²) in [6.45, 7) is 11.9. The Hall–Kier alpha value is -0.160. The fourth-order valence-electron chi connectivity index (χ4n) is 4.06. The van der Waals surface area contributed by atoms with Crippen molar-refractivity contribution in [2.45, 2.75) is 25.7 Å². The summed E-state index contributed by atoms with van der Waals surface area (Å²) in [7, 11) is 0. The van der Waals surface area contributed by atoms with Crippen molar-refractivity contribution in [1.82, 2.24) is 15.1 Å². The first kappa shape index (κ1) is 14.8. The van der Waals surface area contributed by atoms with Crippen molar-refractivity contribution < 1.29 is 4.74 Å². The monoisotopic (exact) mass is 281 g/mol. The molecule has 3 aliphatic rings. The third-order valence-corrected chi connectivity index (χ3v) is 5.14. The van der Waals surface area contributed by atoms with Crippen molar-refractivity contribution >= 4 is 0 Å². The molecule has 0 amide bonds. The molecule has 3 fully saturated rings. The highest BCUT2D eigenvalue weighted by molar-refractivity contribution is 4.80. The van der Waals surface area contributed by atoms with Gasteiger partial charge in [-0.25, -0.2) is 0 Å². The molecule has 0 radical (unpaired) electrons. The number of piperidine rings is 2. The summed E-state index contributed by atoms with van der Waals surface area (Å²) >= 11 is 0. The van der Waals surface area contributed by atoms with Gasteiger partial charge in [-0.15, -0.1) is 0 Å². The lowest BCUT2D eigenvalue weighted by atomic mass is 9.94. The molecular weight excluding hydrogens is 250 g/mol. The van der Waals surface area contributed by atoms with E-state index in [4.69, 9.17) is 4.74 Å². The number of ether oxygens (including phenoxy) is 1. The molecule has 3 saturated heterocycles. The van der Waals surface area contributed by atoms with Gasteiger partial charge in [0.15, 0.2) is 0 Å². The van der Waals surface area contributed by atoms with Crippen LogP contribution in [0.4, 0.5) is 0 Å². The molecule has 0 aromatic carbocycles. The van der Waals surface area contributed by atoms with Crippen LogP contribution >= 0.6 is 0 Å². The Morgan fingerprint density at radius 3 is 2.50 bits per heavy atom. The number of likely N-dealkylation sites (tertiary alicyclic amines) is 1. The van der Waals surface area contributed by atoms with Crippen LogP contribution in [0.25, 0.3) is 0 Å². The molecule has 0 aromatic heterocycles. The molecule has 20 heavy (non-hydrogen) atoms. The predicted octanol–water partition coefficient (Wildman–Crippen LogP) is 1.03. The van der Waals surface area contributed by atoms with Gasteiger partial charge in [0.25, 0.3) is 0 Å². The first-order valence-corrected chi connectivity index (χ1v) is 8.63. The largest absolute Gasteiger partial charge is 0.379 e. The van der Waals surface area contributed by atoms with Gasteiger partial charge in [0.05, 0.1) is 13.2 Å². The maximum absolute atomic E-state index is 5.45. The van der Waals surface area contributed by atoms with E-state index in [0.717, 1.165) is 38.1 Å². The van der Waals surface area contributed by atoms with Gasteiger partial charge in [0.1, 0.15) is 0 Å². The average Bonchev–Trinajstić information content (AvgIpc) is 2.50. The highest BCUT2D eigenvalue weighted by Gasteiger charge is 2.25. The fraction of sp³-hybridized carbons (Fsp3) is 1.00. The van der Waals surface area contributed by atoms with Crippen molar-refractivity contribution in [3.8, 4) is 0 Å². The van der Waals surface area contributed by atoms with Gasteiger partial charge in [-0.05, 0) is 57.2 Å². The Morgan fingerprint density at radius 2 is 1.70 bits per heavy atom. The molecular formula is C16H31N3O. The van der Waals surface area contributed by atoms with E-state index in [1.807, 2.05) is 0 Å². The van der Waals surface area contributed by atoms with Crippen LogP contribution in [0.2, 0.25) is 0 Å². The minimum Gasteiger partial charge on any atom is -0.379 e. The summed E-state index contributed by atoms with van der Waals surface area (Å²) in [6.07, 6.45) is 5.62. The van der Waals surface area contributed by atoms with E-state index in [1.54, 1.807) is 0 Å². The Balaban J connectivity index is 1.41. The normalized spacial score (nSPS) is 34.2. The van der Waals surface area contributed by atoms with Gasteiger partial charge in [0.2, 0.25) is 0 Å². The van der Waals surface area contributed by atoms with Crippen LogP contribution in [0.1, 0.15) is 25.7 Å². The topological polar surface area (TPSA) is 27.7 Å². The van der Waals surface area contributed by atoms with E-state index in [-0.39, 0.29) is 0 Å². The van der Waals surface area contributed by atoms with E-state index in [2.05, 4.69) is 15.1 Å². The van der Waals surface area contributed by atoms with Gasteiger partial charge in [-0.3, -0.25) is 4.90 Å². The van der Waals surface area contributed by atoms with Gasteiger partial charge >= 0.3 is 0 Å². The van der Waals surface area contributed by atoms with Gasteiger partial charge in [0, 0.05) is 32.7 Å². The lowest BCUT2D eigenvalue weighted by molar-refractivity contribution is 0.0217. The summed E-state index contributed by atoms with van der Waals surface area (Å²) in [6, 6.07) is 0. The maximum atomic E-state index is 5.45. The molecule has 3 heterocycles. The predicted molar refractivity (Wildman–Crippen MR) is 82.0 cm³/mol. The van der Waals surface area contributed by atoms with Crippen LogP contribution in [0.5, 0.6) is 0 Å². The van der Waals surface area contributed by atoms with Crippen molar-refractivity contribution in [3.63, 3.8) is 0 Å². The summed E-state index contributed by atoms with van der Waals surface area (Å²) in [5.74, 6) is 1.78. The first-order chi connectivity index (χ1) is 9.90. The molecule has 0 spiro atoms. The number of hydrogen-bond donors (Lipinski definition) is 1. The number of rotatable bonds is 4. The SMILES string of the molecule is C1CNCC(CN2CCC[C@H](CN3CCOCC3)C2)C1. The number of hydrogen-bond acceptors (Lipinski definition) is 4. The summed E-state index contributed by atoms with van der Waals surface area (Å²) < 4.78 is 5.45. The quantitative estimate of drug-likeness (QED) is 0.833. The second-order valence-electron chi connectivity index (χ2n) is 6.89. The smallest absolute Gasteiger partial charge is 0.0594 e. The highest BCUT2D eigenvalue weighted by Crippen LogP contribution is 2.21. The molecule has 3 aliphatic heterocycles. The first-order valence-electron chi connectivity index (χ1n) is 8.63. The molecule has 4 heteroatoms. The zero-order chi connectivity index (χ0) is 13.6. The fourth-order valence-corrected chi connectivity index (χ4v) is 4.06. The second-order valence-corrected chi connectivity index (χ2v) is 6.89. The van der Waals surface area contributed by atoms with Crippen molar-refractivity contribution in [3.05, 3.63) is 0 Å². The van der Waals surface area contributed by atoms with Crippen LogP contribution in [-0.4, -0.2) is 75.4 Å². The highest BCUT2D eigenvalue weighted by atomic mass is 16.5. The number of morpholine rings is 1. The molecule has 116 valence electrons. The van der Waals surface area contributed by atoms with Crippen LogP contribution in [0, 0.1) is 11.8 Å². The Kier molecular flexibility index (Phi) is 5.71. The summed E-state index contributed by atoms with van der Waals surface area (Å²) in [5, 5.41) is 3.55. The third-order valence-electron chi connectivity index (χ3n) is 5.14. The molecule has 0 aromatic rings. The lowest BCUT2D eigenvalue weighted by Crippen LogP contribution is -2.46. The van der Waals surface area contributed by atoms with Crippen LogP contribution in [0.3, 0.4) is 0 Å². The second kappa shape index (κ2) is 7.74. The Labute approximate surface area is 123 Å². The molecule has 2 atom stereocenters. The Bertz CT molecular complexity index is 249. The van der Waals surface area contributed by atoms with Crippen molar-refractivity contribution in [2.24, 2.45) is 11.8 Å². The minimum atomic E-state index is 0.887. The van der Waals surface area contributed by atoms with Crippen LogP contribution in [0.15, 0.2) is 0 Å². The zero-order valence-electron chi connectivity index (χ0n) is 12.9. The van der Waals surface area contributed by atoms with Gasteiger partial charge < -0.3 is 15.0 Å². The van der Waals surface area contributed by atoms with E-state index in [0.29, 0.717) is 0 Å². The standard InChI is InChI=1S/C16H31N3O/c1-3-15(11-17-5-1)12-19-6-2-4-16(14-19)13-18-7-9-20-10-8-18/h15-17H,1-14H2/t15?,16-/m1/s1. The molecule has 1 N–H and O–H groups in total. The number of nitrogens with zero attached hydrogens (tertiary/aromatic N) is 2. The lowest BCUT2D eigenvalue weighted by Gasteiger charge is -2.38. The van der Waals surface area contributed by atoms with E-state index >= 15 is 0 Å². The van der Waals surface area contributed by atoms with E-state index in [9.17, 15) is 0 Å². The minimum absolute atomic E-state index is 0.887. The van der Waals surface area contributed by atoms with Gasteiger partial charge in [-0.2, -0.15) is 0 Å². The summed E-state index contributed by atoms with van der Waals surface area (Å²) in [5.41, 5.74) is 0. The molecule has 0 saturated carbocycles. The zero-order valence-corrected chi connectivity index (χ0v) is 12.9. The van der Waals surface area contributed by atoms with Crippen molar-refractivity contribution in [2.75, 3.05) is 65.6 Å². The maximum Gasteiger partial charge on any atom is 0.0594 e. The Morgan fingerprint density at radius 1 is 0.900 bits per heavy atom. The molecule has 4 nitrogen and oxygen atoms in total. The van der Waals surface area contributed by atoms with E-state index < -0.39 is 0 Å². The van der Waals surface area contributed by atoms with Crippen molar-refractivity contribution in [1.29, 1.82) is 0 Å². The molecule has 0 bridgehead atoms.